The third-order valence-corrected chi connectivity index (χ3v) is 5.46. The molecule has 2 aromatic heterocycles. The summed E-state index contributed by atoms with van der Waals surface area (Å²) in [4.78, 5) is 5.02. The standard InChI is InChI=1S/C13H17BrN2S2/c1-9(15)13(12-4-3-5-17-12)16(2)7-11-6-10(14)8-18-11/h3-6,8-9,13H,7,15H2,1-2H3. The summed E-state index contributed by atoms with van der Waals surface area (Å²) >= 11 is 7.05. The van der Waals surface area contributed by atoms with Gasteiger partial charge in [-0.05, 0) is 47.4 Å². The Hall–Kier alpha value is -0.200. The summed E-state index contributed by atoms with van der Waals surface area (Å²) in [7, 11) is 2.14. The maximum absolute atomic E-state index is 6.15. The van der Waals surface area contributed by atoms with Crippen LogP contribution >= 0.6 is 38.6 Å². The van der Waals surface area contributed by atoms with E-state index in [0.717, 1.165) is 11.0 Å². The normalized spacial score (nSPS) is 14.9. The maximum Gasteiger partial charge on any atom is 0.0591 e. The highest BCUT2D eigenvalue weighted by Gasteiger charge is 2.22. The number of rotatable bonds is 5. The van der Waals surface area contributed by atoms with Crippen molar-refractivity contribution in [2.45, 2.75) is 25.6 Å². The van der Waals surface area contributed by atoms with Crippen molar-refractivity contribution in [1.82, 2.24) is 4.90 Å². The van der Waals surface area contributed by atoms with Crippen molar-refractivity contribution >= 4 is 38.6 Å². The maximum atomic E-state index is 6.15. The second-order valence-corrected chi connectivity index (χ2v) is 7.36. The predicted octanol–water partition coefficient (Wildman–Crippen LogP) is 4.09. The van der Waals surface area contributed by atoms with Gasteiger partial charge in [-0.1, -0.05) is 6.07 Å². The molecule has 2 nitrogen and oxygen atoms in total. The fourth-order valence-electron chi connectivity index (χ4n) is 2.12. The van der Waals surface area contributed by atoms with Crippen molar-refractivity contribution in [2.24, 2.45) is 5.73 Å². The molecule has 18 heavy (non-hydrogen) atoms. The molecule has 2 unspecified atom stereocenters. The van der Waals surface area contributed by atoms with Gasteiger partial charge in [0.05, 0.1) is 6.04 Å². The topological polar surface area (TPSA) is 29.3 Å². The van der Waals surface area contributed by atoms with E-state index in [1.807, 2.05) is 0 Å². The fourth-order valence-corrected chi connectivity index (χ4v) is 4.64. The van der Waals surface area contributed by atoms with Crippen molar-refractivity contribution < 1.29 is 0 Å². The number of hydrogen-bond acceptors (Lipinski definition) is 4. The molecule has 0 spiro atoms. The average Bonchev–Trinajstić information content (AvgIpc) is 2.90. The quantitative estimate of drug-likeness (QED) is 0.884. The lowest BCUT2D eigenvalue weighted by atomic mass is 10.1. The Morgan fingerprint density at radius 2 is 2.22 bits per heavy atom. The first-order chi connectivity index (χ1) is 8.58. The number of likely N-dealkylation sites (N-methyl/N-ethyl adjacent to an activating group) is 1. The molecule has 2 rings (SSSR count). The van der Waals surface area contributed by atoms with Crippen molar-refractivity contribution in [1.29, 1.82) is 0 Å². The molecule has 0 aliphatic heterocycles. The Morgan fingerprint density at radius 3 is 2.72 bits per heavy atom. The van der Waals surface area contributed by atoms with Gasteiger partial charge in [-0.3, -0.25) is 4.90 Å². The number of hydrogen-bond donors (Lipinski definition) is 1. The zero-order valence-corrected chi connectivity index (χ0v) is 13.7. The molecule has 0 bridgehead atoms. The monoisotopic (exact) mass is 344 g/mol. The Kier molecular flexibility index (Phi) is 4.98. The highest BCUT2D eigenvalue weighted by molar-refractivity contribution is 9.10. The van der Waals surface area contributed by atoms with E-state index in [-0.39, 0.29) is 12.1 Å². The minimum absolute atomic E-state index is 0.122. The van der Waals surface area contributed by atoms with Gasteiger partial charge < -0.3 is 5.73 Å². The molecular formula is C13H17BrN2S2. The lowest BCUT2D eigenvalue weighted by Gasteiger charge is -2.29. The first kappa shape index (κ1) is 14.2. The first-order valence-corrected chi connectivity index (χ1v) is 8.35. The van der Waals surface area contributed by atoms with Gasteiger partial charge in [0.1, 0.15) is 0 Å². The lowest BCUT2D eigenvalue weighted by molar-refractivity contribution is 0.216. The smallest absolute Gasteiger partial charge is 0.0591 e. The molecule has 0 amide bonds. The summed E-state index contributed by atoms with van der Waals surface area (Å²) in [6, 6.07) is 6.83. The van der Waals surface area contributed by atoms with Crippen molar-refractivity contribution in [2.75, 3.05) is 7.05 Å². The third kappa shape index (κ3) is 3.42. The van der Waals surface area contributed by atoms with Gasteiger partial charge >= 0.3 is 0 Å². The van der Waals surface area contributed by atoms with E-state index in [1.54, 1.807) is 22.7 Å². The molecule has 98 valence electrons. The Bertz CT molecular complexity index is 479. The van der Waals surface area contributed by atoms with Crippen LogP contribution in [0, 0.1) is 0 Å². The zero-order valence-electron chi connectivity index (χ0n) is 10.5. The fraction of sp³-hybridized carbons (Fsp3) is 0.385. The second-order valence-electron chi connectivity index (χ2n) is 4.47. The van der Waals surface area contributed by atoms with Crippen LogP contribution in [-0.4, -0.2) is 18.0 Å². The minimum atomic E-state index is 0.122. The van der Waals surface area contributed by atoms with Gasteiger partial charge in [0.25, 0.3) is 0 Å². The average molecular weight is 345 g/mol. The van der Waals surface area contributed by atoms with E-state index in [9.17, 15) is 0 Å². The van der Waals surface area contributed by atoms with E-state index in [0.29, 0.717) is 0 Å². The molecule has 5 heteroatoms. The summed E-state index contributed by atoms with van der Waals surface area (Å²) < 4.78 is 1.16. The van der Waals surface area contributed by atoms with Gasteiger partial charge in [-0.15, -0.1) is 22.7 Å². The van der Waals surface area contributed by atoms with Crippen molar-refractivity contribution in [3.8, 4) is 0 Å². The van der Waals surface area contributed by atoms with Crippen molar-refractivity contribution in [3.05, 3.63) is 43.2 Å². The van der Waals surface area contributed by atoms with Gasteiger partial charge in [-0.25, -0.2) is 0 Å². The molecule has 2 atom stereocenters. The number of nitrogens with zero attached hydrogens (tertiary/aromatic N) is 1. The minimum Gasteiger partial charge on any atom is -0.326 e. The highest BCUT2D eigenvalue weighted by Crippen LogP contribution is 2.29. The zero-order chi connectivity index (χ0) is 13.1. The van der Waals surface area contributed by atoms with Gasteiger partial charge in [-0.2, -0.15) is 0 Å². The molecule has 0 fully saturated rings. The van der Waals surface area contributed by atoms with Crippen LogP contribution in [0.4, 0.5) is 0 Å². The van der Waals surface area contributed by atoms with Crippen LogP contribution in [0.1, 0.15) is 22.7 Å². The van der Waals surface area contributed by atoms with Crippen LogP contribution < -0.4 is 5.73 Å². The molecule has 0 saturated carbocycles. The Balaban J connectivity index is 2.11. The number of halogens is 1. The number of nitrogens with two attached hydrogens (primary N) is 1. The predicted molar refractivity (Wildman–Crippen MR) is 84.2 cm³/mol. The molecule has 0 aromatic carbocycles. The van der Waals surface area contributed by atoms with E-state index < -0.39 is 0 Å². The summed E-state index contributed by atoms with van der Waals surface area (Å²) in [6.45, 7) is 3.01. The summed E-state index contributed by atoms with van der Waals surface area (Å²) in [5.41, 5.74) is 6.15. The summed E-state index contributed by atoms with van der Waals surface area (Å²) in [6.07, 6.45) is 0. The van der Waals surface area contributed by atoms with E-state index in [2.05, 4.69) is 63.8 Å². The van der Waals surface area contributed by atoms with Crippen molar-refractivity contribution in [3.63, 3.8) is 0 Å². The van der Waals surface area contributed by atoms with Crippen LogP contribution in [0.2, 0.25) is 0 Å². The Morgan fingerprint density at radius 1 is 1.44 bits per heavy atom. The first-order valence-electron chi connectivity index (χ1n) is 5.80. The van der Waals surface area contributed by atoms with Crippen LogP contribution in [0.3, 0.4) is 0 Å². The third-order valence-electron chi connectivity index (χ3n) is 2.83. The van der Waals surface area contributed by atoms with Crippen LogP contribution in [0.15, 0.2) is 33.4 Å². The van der Waals surface area contributed by atoms with E-state index in [1.165, 1.54) is 9.75 Å². The highest BCUT2D eigenvalue weighted by atomic mass is 79.9. The molecule has 2 aromatic rings. The molecule has 2 N–H and O–H groups in total. The van der Waals surface area contributed by atoms with E-state index >= 15 is 0 Å². The summed E-state index contributed by atoms with van der Waals surface area (Å²) in [5.74, 6) is 0. The molecule has 2 heterocycles. The van der Waals surface area contributed by atoms with Crippen LogP contribution in [0.25, 0.3) is 0 Å². The van der Waals surface area contributed by atoms with Gasteiger partial charge in [0.15, 0.2) is 0 Å². The Labute approximate surface area is 125 Å². The van der Waals surface area contributed by atoms with Crippen LogP contribution in [0.5, 0.6) is 0 Å². The van der Waals surface area contributed by atoms with E-state index in [4.69, 9.17) is 5.73 Å². The largest absolute Gasteiger partial charge is 0.326 e. The molecule has 0 saturated heterocycles. The lowest BCUT2D eigenvalue weighted by Crippen LogP contribution is -2.36. The molecular weight excluding hydrogens is 328 g/mol. The van der Waals surface area contributed by atoms with Crippen LogP contribution in [-0.2, 0) is 6.54 Å². The SMILES string of the molecule is CC(N)C(c1cccs1)N(C)Cc1cc(Br)cs1. The summed E-state index contributed by atoms with van der Waals surface area (Å²) in [5, 5.41) is 4.23. The van der Waals surface area contributed by atoms with Gasteiger partial charge in [0.2, 0.25) is 0 Å². The second kappa shape index (κ2) is 6.30. The molecule has 0 radical (unpaired) electrons. The molecule has 0 aliphatic rings. The van der Waals surface area contributed by atoms with Gasteiger partial charge in [0, 0.05) is 32.2 Å². The number of thiophene rings is 2. The molecule has 0 aliphatic carbocycles.